The van der Waals surface area contributed by atoms with Gasteiger partial charge in [0.2, 0.25) is 0 Å². The van der Waals surface area contributed by atoms with E-state index < -0.39 is 0 Å². The molecular formula is C10H24P2. The van der Waals surface area contributed by atoms with Gasteiger partial charge in [-0.2, -0.15) is 0 Å². The fourth-order valence-corrected chi connectivity index (χ4v) is 4.42. The summed E-state index contributed by atoms with van der Waals surface area (Å²) in [7, 11) is 5.90. The van der Waals surface area contributed by atoms with Gasteiger partial charge in [0.15, 0.2) is 0 Å². The van der Waals surface area contributed by atoms with Gasteiger partial charge in [-0.05, 0) is 17.3 Å². The molecule has 0 spiro atoms. The summed E-state index contributed by atoms with van der Waals surface area (Å²) in [4.78, 5) is 0.256. The zero-order valence-corrected chi connectivity index (χ0v) is 11.6. The summed E-state index contributed by atoms with van der Waals surface area (Å²) < 4.78 is 0. The highest BCUT2D eigenvalue weighted by Crippen LogP contribution is 2.48. The predicted molar refractivity (Wildman–Crippen MR) is 65.6 cm³/mol. The van der Waals surface area contributed by atoms with Crippen molar-refractivity contribution in [3.05, 3.63) is 0 Å². The maximum absolute atomic E-state index is 2.95. The van der Waals surface area contributed by atoms with Crippen molar-refractivity contribution in [1.82, 2.24) is 0 Å². The molecule has 12 heavy (non-hydrogen) atoms. The molecule has 0 heterocycles. The molecule has 0 saturated heterocycles. The van der Waals surface area contributed by atoms with E-state index in [-0.39, 0.29) is 4.90 Å². The second-order valence-electron chi connectivity index (χ2n) is 5.45. The fraction of sp³-hybridized carbons (Fsp3) is 1.00. The van der Waals surface area contributed by atoms with Gasteiger partial charge in [-0.1, -0.05) is 41.5 Å². The van der Waals surface area contributed by atoms with Crippen molar-refractivity contribution in [1.29, 1.82) is 0 Å². The first-order valence-electron chi connectivity index (χ1n) is 4.64. The van der Waals surface area contributed by atoms with E-state index in [1.165, 1.54) is 0 Å². The van der Waals surface area contributed by atoms with E-state index in [0.717, 1.165) is 5.92 Å². The molecule has 0 aliphatic carbocycles. The Balaban J connectivity index is 4.70. The summed E-state index contributed by atoms with van der Waals surface area (Å²) in [6.07, 6.45) is 0. The minimum Gasteiger partial charge on any atom is -0.127 e. The molecule has 0 aromatic heterocycles. The minimum atomic E-state index is 0.256. The standard InChI is InChI=1S/C10H24P2/c1-7(2)8(9(3,4)5)10(6,11)12/h7-8H,11-12H2,1-6H3. The van der Waals surface area contributed by atoms with Crippen molar-refractivity contribution in [2.24, 2.45) is 17.3 Å². The van der Waals surface area contributed by atoms with Crippen LogP contribution in [0, 0.1) is 17.3 Å². The van der Waals surface area contributed by atoms with E-state index in [4.69, 9.17) is 0 Å². The molecule has 0 rings (SSSR count). The third kappa shape index (κ3) is 3.71. The first-order valence-corrected chi connectivity index (χ1v) is 5.80. The van der Waals surface area contributed by atoms with Crippen LogP contribution in [0.4, 0.5) is 0 Å². The monoisotopic (exact) mass is 206 g/mol. The Morgan fingerprint density at radius 2 is 1.25 bits per heavy atom. The molecule has 0 saturated carbocycles. The van der Waals surface area contributed by atoms with Gasteiger partial charge in [0.25, 0.3) is 0 Å². The molecule has 3 atom stereocenters. The molecule has 0 N–H and O–H groups in total. The summed E-state index contributed by atoms with van der Waals surface area (Å²) in [5.41, 5.74) is 0.381. The van der Waals surface area contributed by atoms with Gasteiger partial charge in [0.05, 0.1) is 0 Å². The van der Waals surface area contributed by atoms with E-state index in [0.29, 0.717) is 11.3 Å². The van der Waals surface area contributed by atoms with Gasteiger partial charge in [-0.15, -0.1) is 18.5 Å². The highest BCUT2D eigenvalue weighted by Gasteiger charge is 2.36. The molecule has 0 aromatic carbocycles. The normalized spacial score (nSPS) is 16.8. The number of rotatable bonds is 2. The smallest absolute Gasteiger partial charge is 0.0000314 e. The van der Waals surface area contributed by atoms with E-state index in [1.54, 1.807) is 0 Å². The Labute approximate surface area is 82.7 Å². The molecule has 0 nitrogen and oxygen atoms in total. The quantitative estimate of drug-likeness (QED) is 0.603. The van der Waals surface area contributed by atoms with Gasteiger partial charge >= 0.3 is 0 Å². The van der Waals surface area contributed by atoms with Gasteiger partial charge in [0.1, 0.15) is 0 Å². The summed E-state index contributed by atoms with van der Waals surface area (Å²) in [6.45, 7) is 13.9. The lowest BCUT2D eigenvalue weighted by molar-refractivity contribution is 0.167. The fourth-order valence-electron chi connectivity index (χ4n) is 2.65. The third-order valence-electron chi connectivity index (χ3n) is 2.27. The first kappa shape index (κ1) is 12.9. The topological polar surface area (TPSA) is 0 Å². The van der Waals surface area contributed by atoms with Crippen LogP contribution in [-0.2, 0) is 0 Å². The maximum atomic E-state index is 2.95. The Hall–Kier alpha value is 0.860. The van der Waals surface area contributed by atoms with Gasteiger partial charge in [-0.3, -0.25) is 0 Å². The second kappa shape index (κ2) is 3.93. The second-order valence-corrected chi connectivity index (χ2v) is 8.61. The molecule has 0 amide bonds. The molecule has 0 bridgehead atoms. The van der Waals surface area contributed by atoms with Crippen molar-refractivity contribution in [2.45, 2.75) is 46.4 Å². The number of hydrogen-bond acceptors (Lipinski definition) is 0. The molecular weight excluding hydrogens is 182 g/mol. The summed E-state index contributed by atoms with van der Waals surface area (Å²) in [5, 5.41) is 0. The van der Waals surface area contributed by atoms with Crippen LogP contribution in [0.25, 0.3) is 0 Å². The average Bonchev–Trinajstić information content (AvgIpc) is 1.49. The van der Waals surface area contributed by atoms with E-state index in [1.807, 2.05) is 0 Å². The van der Waals surface area contributed by atoms with E-state index >= 15 is 0 Å². The van der Waals surface area contributed by atoms with E-state index in [9.17, 15) is 0 Å². The molecule has 0 aromatic rings. The van der Waals surface area contributed by atoms with Crippen LogP contribution in [0.5, 0.6) is 0 Å². The Kier molecular flexibility index (Phi) is 4.21. The van der Waals surface area contributed by atoms with Crippen LogP contribution >= 0.6 is 18.5 Å². The van der Waals surface area contributed by atoms with Crippen molar-refractivity contribution < 1.29 is 0 Å². The van der Waals surface area contributed by atoms with Crippen molar-refractivity contribution in [2.75, 3.05) is 0 Å². The van der Waals surface area contributed by atoms with Crippen LogP contribution in [0.2, 0.25) is 0 Å². The Bertz CT molecular complexity index is 123. The zero-order valence-electron chi connectivity index (χ0n) is 9.31. The lowest BCUT2D eigenvalue weighted by atomic mass is 9.72. The van der Waals surface area contributed by atoms with Crippen molar-refractivity contribution >= 4 is 18.5 Å². The summed E-state index contributed by atoms with van der Waals surface area (Å²) in [5.74, 6) is 1.44. The molecule has 3 unspecified atom stereocenters. The predicted octanol–water partition coefficient (Wildman–Crippen LogP) is 3.77. The van der Waals surface area contributed by atoms with E-state index in [2.05, 4.69) is 60.0 Å². The van der Waals surface area contributed by atoms with Crippen molar-refractivity contribution in [3.8, 4) is 0 Å². The van der Waals surface area contributed by atoms with Crippen LogP contribution in [0.1, 0.15) is 41.5 Å². The van der Waals surface area contributed by atoms with Gasteiger partial charge in [0, 0.05) is 4.90 Å². The molecule has 0 radical (unpaired) electrons. The van der Waals surface area contributed by atoms with Crippen LogP contribution in [0.3, 0.4) is 0 Å². The third-order valence-corrected chi connectivity index (χ3v) is 2.99. The minimum absolute atomic E-state index is 0.256. The van der Waals surface area contributed by atoms with Crippen LogP contribution in [-0.4, -0.2) is 4.90 Å². The lowest BCUT2D eigenvalue weighted by Gasteiger charge is -2.43. The molecule has 74 valence electrons. The largest absolute Gasteiger partial charge is 0.127 e. The molecule has 0 fully saturated rings. The lowest BCUT2D eigenvalue weighted by Crippen LogP contribution is -2.36. The SMILES string of the molecule is CC(C)C(C(C)(C)C)C(C)(P)P. The van der Waals surface area contributed by atoms with Gasteiger partial charge in [-0.25, -0.2) is 0 Å². The first-order chi connectivity index (χ1) is 5.07. The molecule has 0 aliphatic rings. The molecule has 2 heteroatoms. The summed E-state index contributed by atoms with van der Waals surface area (Å²) in [6, 6.07) is 0. The highest BCUT2D eigenvalue weighted by molar-refractivity contribution is 7.39. The highest BCUT2D eigenvalue weighted by atomic mass is 31.1. The van der Waals surface area contributed by atoms with Gasteiger partial charge < -0.3 is 0 Å². The number of hydrogen-bond donors (Lipinski definition) is 0. The van der Waals surface area contributed by atoms with Crippen LogP contribution in [0.15, 0.2) is 0 Å². The summed E-state index contributed by atoms with van der Waals surface area (Å²) >= 11 is 0. The molecule has 0 aliphatic heterocycles. The zero-order chi connectivity index (χ0) is 10.2. The van der Waals surface area contributed by atoms with Crippen LogP contribution < -0.4 is 0 Å². The maximum Gasteiger partial charge on any atom is 0.0000314 e. The Morgan fingerprint density at radius 1 is 0.917 bits per heavy atom. The van der Waals surface area contributed by atoms with Crippen molar-refractivity contribution in [3.63, 3.8) is 0 Å². The average molecular weight is 206 g/mol. The Morgan fingerprint density at radius 3 is 1.25 bits per heavy atom.